The molecular weight excluding hydrogens is 281 g/mol. The first-order valence-corrected chi connectivity index (χ1v) is 8.42. The van der Waals surface area contributed by atoms with Crippen molar-refractivity contribution in [2.24, 2.45) is 11.8 Å². The lowest BCUT2D eigenvalue weighted by Crippen LogP contribution is -2.52. The molecule has 1 saturated carbocycles. The summed E-state index contributed by atoms with van der Waals surface area (Å²) in [6.45, 7) is 10.2. The Balaban J connectivity index is 2.09. The van der Waals surface area contributed by atoms with Gasteiger partial charge in [-0.15, -0.1) is 0 Å². The molecular formula is C16H28BNO4. The normalized spacial score (nSPS) is 30.3. The van der Waals surface area contributed by atoms with Gasteiger partial charge in [-0.05, 0) is 51.8 Å². The van der Waals surface area contributed by atoms with E-state index in [0.29, 0.717) is 12.5 Å². The van der Waals surface area contributed by atoms with Crippen LogP contribution in [0.15, 0.2) is 0 Å². The van der Waals surface area contributed by atoms with Gasteiger partial charge in [-0.2, -0.15) is 0 Å². The van der Waals surface area contributed by atoms with E-state index in [2.05, 4.69) is 13.7 Å². The van der Waals surface area contributed by atoms with Crippen LogP contribution in [0.4, 0.5) is 4.79 Å². The van der Waals surface area contributed by atoms with Gasteiger partial charge in [0, 0.05) is 6.04 Å². The Labute approximate surface area is 133 Å². The molecule has 5 nitrogen and oxygen atoms in total. The summed E-state index contributed by atoms with van der Waals surface area (Å²) >= 11 is 0. The van der Waals surface area contributed by atoms with Crippen molar-refractivity contribution in [3.63, 3.8) is 0 Å². The third-order valence-corrected chi connectivity index (χ3v) is 4.61. The van der Waals surface area contributed by atoms with Crippen molar-refractivity contribution < 1.29 is 19.1 Å². The smallest absolute Gasteiger partial charge is 0.411 e. The first-order chi connectivity index (χ1) is 10.2. The number of esters is 1. The maximum atomic E-state index is 12.5. The summed E-state index contributed by atoms with van der Waals surface area (Å²) in [5.74, 6) is 0.386. The third-order valence-electron chi connectivity index (χ3n) is 4.61. The van der Waals surface area contributed by atoms with Crippen LogP contribution in [0.5, 0.6) is 0 Å². The highest BCUT2D eigenvalue weighted by molar-refractivity contribution is 6.33. The van der Waals surface area contributed by atoms with Crippen molar-refractivity contribution in [1.82, 2.24) is 4.90 Å². The van der Waals surface area contributed by atoms with Crippen LogP contribution >= 0.6 is 0 Å². The molecule has 0 aromatic heterocycles. The topological polar surface area (TPSA) is 55.8 Å². The average molecular weight is 309 g/mol. The molecule has 1 aliphatic heterocycles. The molecule has 2 rings (SSSR count). The zero-order chi connectivity index (χ0) is 16.5. The Morgan fingerprint density at radius 3 is 2.55 bits per heavy atom. The largest absolute Gasteiger partial charge is 0.465 e. The Hall–Kier alpha value is -1.20. The van der Waals surface area contributed by atoms with Crippen LogP contribution < -0.4 is 0 Å². The summed E-state index contributed by atoms with van der Waals surface area (Å²) in [7, 11) is 0.982. The van der Waals surface area contributed by atoms with E-state index in [0.717, 1.165) is 26.4 Å². The number of nitrogens with zero attached hydrogens (tertiary/aromatic N) is 1. The molecule has 1 heterocycles. The molecule has 1 amide bonds. The summed E-state index contributed by atoms with van der Waals surface area (Å²) in [5, 5.41) is 0. The lowest BCUT2D eigenvalue weighted by molar-refractivity contribution is -0.151. The van der Waals surface area contributed by atoms with Crippen LogP contribution in [0, 0.1) is 11.8 Å². The van der Waals surface area contributed by atoms with Gasteiger partial charge in [-0.25, -0.2) is 9.59 Å². The van der Waals surface area contributed by atoms with E-state index in [1.54, 1.807) is 4.90 Å². The number of amides is 1. The minimum Gasteiger partial charge on any atom is -0.465 e. The molecule has 1 saturated heterocycles. The van der Waals surface area contributed by atoms with Gasteiger partial charge in [-0.3, -0.25) is 4.90 Å². The van der Waals surface area contributed by atoms with Gasteiger partial charge >= 0.3 is 12.1 Å². The number of ether oxygens (including phenoxy) is 2. The van der Waals surface area contributed by atoms with E-state index in [-0.39, 0.29) is 24.0 Å². The van der Waals surface area contributed by atoms with Gasteiger partial charge in [0.25, 0.3) is 0 Å². The Morgan fingerprint density at radius 2 is 1.95 bits per heavy atom. The van der Waals surface area contributed by atoms with Crippen molar-refractivity contribution in [3.05, 3.63) is 0 Å². The first kappa shape index (κ1) is 17.2. The fourth-order valence-corrected chi connectivity index (χ4v) is 3.62. The highest BCUT2D eigenvalue weighted by Crippen LogP contribution is 2.47. The molecule has 0 spiro atoms. The Morgan fingerprint density at radius 1 is 1.27 bits per heavy atom. The maximum Gasteiger partial charge on any atom is 0.411 e. The van der Waals surface area contributed by atoms with E-state index in [9.17, 15) is 9.59 Å². The maximum absolute atomic E-state index is 12.5. The number of piperidine rings is 1. The molecule has 0 aromatic carbocycles. The second kappa shape index (κ2) is 6.51. The summed E-state index contributed by atoms with van der Waals surface area (Å²) < 4.78 is 10.9. The van der Waals surface area contributed by atoms with Crippen LogP contribution in [0.2, 0.25) is 13.1 Å². The minimum atomic E-state index is -0.554. The average Bonchev–Trinajstić information content (AvgIpc) is 2.93. The first-order valence-electron chi connectivity index (χ1n) is 8.42. The van der Waals surface area contributed by atoms with Crippen LogP contribution in [0.25, 0.3) is 0 Å². The van der Waals surface area contributed by atoms with Gasteiger partial charge in [-0.1, -0.05) is 13.7 Å². The van der Waals surface area contributed by atoms with E-state index < -0.39 is 11.6 Å². The zero-order valence-corrected chi connectivity index (χ0v) is 14.4. The number of rotatable bonds is 4. The molecule has 0 aromatic rings. The number of carbonyl (C=O) groups excluding carboxylic acids is 2. The standard InChI is InChI=1S/C16H28BNO4/c1-10-8-11-9-12(10)13(14(19)21-7-6-17-5)18(11)15(20)22-16(2,3)4/h10-13,17H,6-9H2,1-5H3/t10-,11?,12+,13-/m1/s1. The van der Waals surface area contributed by atoms with Crippen molar-refractivity contribution >= 4 is 19.3 Å². The van der Waals surface area contributed by atoms with Crippen LogP contribution in [0.3, 0.4) is 0 Å². The van der Waals surface area contributed by atoms with E-state index >= 15 is 0 Å². The molecule has 124 valence electrons. The lowest BCUT2D eigenvalue weighted by Gasteiger charge is -2.37. The summed E-state index contributed by atoms with van der Waals surface area (Å²) in [6, 6.07) is -0.362. The van der Waals surface area contributed by atoms with Crippen molar-refractivity contribution in [3.8, 4) is 0 Å². The second-order valence-corrected chi connectivity index (χ2v) is 7.62. The highest BCUT2D eigenvalue weighted by Gasteiger charge is 2.56. The molecule has 2 fully saturated rings. The summed E-state index contributed by atoms with van der Waals surface area (Å²) in [6.07, 6.45) is 2.30. The van der Waals surface area contributed by atoms with Crippen molar-refractivity contribution in [2.75, 3.05) is 6.61 Å². The van der Waals surface area contributed by atoms with Gasteiger partial charge in [0.2, 0.25) is 0 Å². The van der Waals surface area contributed by atoms with Crippen molar-refractivity contribution in [2.45, 2.75) is 71.4 Å². The van der Waals surface area contributed by atoms with Gasteiger partial charge in [0.05, 0.1) is 6.61 Å². The molecule has 4 atom stereocenters. The Bertz CT molecular complexity index is 434. The Kier molecular flexibility index (Phi) is 5.08. The molecule has 22 heavy (non-hydrogen) atoms. The molecule has 0 radical (unpaired) electrons. The highest BCUT2D eigenvalue weighted by atomic mass is 16.6. The van der Waals surface area contributed by atoms with Gasteiger partial charge in [0.1, 0.15) is 18.9 Å². The predicted molar refractivity (Wildman–Crippen MR) is 86.3 cm³/mol. The number of hydrogen-bond acceptors (Lipinski definition) is 4. The van der Waals surface area contributed by atoms with Crippen LogP contribution in [-0.2, 0) is 14.3 Å². The molecule has 1 aliphatic carbocycles. The molecule has 6 heteroatoms. The van der Waals surface area contributed by atoms with E-state index in [1.165, 1.54) is 0 Å². The third kappa shape index (κ3) is 3.58. The molecule has 2 bridgehead atoms. The van der Waals surface area contributed by atoms with Gasteiger partial charge in [0.15, 0.2) is 0 Å². The quantitative estimate of drug-likeness (QED) is 0.455. The predicted octanol–water partition coefficient (Wildman–Crippen LogP) is 2.47. The van der Waals surface area contributed by atoms with Crippen LogP contribution in [0.1, 0.15) is 40.5 Å². The number of carbonyl (C=O) groups is 2. The fraction of sp³-hybridized carbons (Fsp3) is 0.875. The van der Waals surface area contributed by atoms with Gasteiger partial charge < -0.3 is 9.47 Å². The zero-order valence-electron chi connectivity index (χ0n) is 14.4. The number of hydrogen-bond donors (Lipinski definition) is 0. The van der Waals surface area contributed by atoms with E-state index in [1.807, 2.05) is 20.8 Å². The lowest BCUT2D eigenvalue weighted by atomic mass is 9.79. The second-order valence-electron chi connectivity index (χ2n) is 7.62. The monoisotopic (exact) mass is 309 g/mol. The number of fused-ring (bicyclic) bond motifs is 2. The fourth-order valence-electron chi connectivity index (χ4n) is 3.62. The van der Waals surface area contributed by atoms with Crippen molar-refractivity contribution in [1.29, 1.82) is 0 Å². The SMILES string of the molecule is CBCCOC(=O)[C@H]1[C@H]2CC(C[C@H]2C)N1C(=O)OC(C)(C)C. The molecule has 0 N–H and O–H groups in total. The summed E-state index contributed by atoms with van der Waals surface area (Å²) in [4.78, 5) is 26.6. The van der Waals surface area contributed by atoms with Crippen LogP contribution in [-0.4, -0.2) is 48.5 Å². The molecule has 2 aliphatic rings. The summed E-state index contributed by atoms with van der Waals surface area (Å²) in [5.41, 5.74) is -0.554. The van der Waals surface area contributed by atoms with E-state index in [4.69, 9.17) is 9.47 Å². The molecule has 1 unspecified atom stereocenters. The minimum absolute atomic E-state index is 0.110. The number of likely N-dealkylation sites (tertiary alicyclic amines) is 1.